The van der Waals surface area contributed by atoms with Crippen molar-refractivity contribution >= 4 is 23.6 Å². The number of halogens is 1. The summed E-state index contributed by atoms with van der Waals surface area (Å²) in [5, 5.41) is -0.342. The molecular weight excluding hydrogens is 331 g/mol. The Hall–Kier alpha value is -1.60. The summed E-state index contributed by atoms with van der Waals surface area (Å²) in [6, 6.07) is 6.51. The molecule has 1 atom stereocenters. The number of rotatable bonds is 7. The van der Waals surface area contributed by atoms with Crippen molar-refractivity contribution in [3.63, 3.8) is 0 Å². The van der Waals surface area contributed by atoms with Crippen molar-refractivity contribution in [3.05, 3.63) is 35.6 Å². The van der Waals surface area contributed by atoms with Gasteiger partial charge in [-0.25, -0.2) is 4.39 Å². The molecule has 0 unspecified atom stereocenters. The van der Waals surface area contributed by atoms with E-state index in [4.69, 9.17) is 4.74 Å². The van der Waals surface area contributed by atoms with Gasteiger partial charge < -0.3 is 14.5 Å². The van der Waals surface area contributed by atoms with Crippen LogP contribution >= 0.6 is 11.8 Å². The van der Waals surface area contributed by atoms with Gasteiger partial charge in [0.25, 0.3) is 0 Å². The van der Waals surface area contributed by atoms with Crippen LogP contribution in [-0.4, -0.2) is 60.2 Å². The molecule has 0 spiro atoms. The van der Waals surface area contributed by atoms with Crippen molar-refractivity contribution in [1.82, 2.24) is 9.80 Å². The fourth-order valence-electron chi connectivity index (χ4n) is 2.72. The number of methoxy groups -OCH3 is 1. The molecule has 1 aliphatic rings. The van der Waals surface area contributed by atoms with Crippen molar-refractivity contribution in [2.75, 3.05) is 32.6 Å². The molecule has 2 amide bonds. The van der Waals surface area contributed by atoms with Crippen LogP contribution in [0.2, 0.25) is 0 Å². The monoisotopic (exact) mass is 354 g/mol. The largest absolute Gasteiger partial charge is 0.375 e. The van der Waals surface area contributed by atoms with Crippen molar-refractivity contribution in [3.8, 4) is 0 Å². The number of thioether (sulfide) groups is 1. The molecule has 24 heavy (non-hydrogen) atoms. The fourth-order valence-corrected chi connectivity index (χ4v) is 3.96. The van der Waals surface area contributed by atoms with Gasteiger partial charge in [-0.3, -0.25) is 9.59 Å². The van der Waals surface area contributed by atoms with Gasteiger partial charge >= 0.3 is 0 Å². The number of benzene rings is 1. The number of carbonyl (C=O) groups excluding carboxylic acids is 2. The van der Waals surface area contributed by atoms with E-state index in [0.717, 1.165) is 0 Å². The van der Waals surface area contributed by atoms with E-state index in [9.17, 15) is 14.0 Å². The topological polar surface area (TPSA) is 49.9 Å². The molecular formula is C17H23FN2O3S. The number of ether oxygens (including phenoxy) is 1. The summed E-state index contributed by atoms with van der Waals surface area (Å²) >= 11 is 1.41. The van der Waals surface area contributed by atoms with Gasteiger partial charge in [-0.15, -0.1) is 11.8 Å². The van der Waals surface area contributed by atoms with Crippen LogP contribution in [0.3, 0.4) is 0 Å². The summed E-state index contributed by atoms with van der Waals surface area (Å²) < 4.78 is 19.0. The quantitative estimate of drug-likeness (QED) is 0.754. The number of hydrogen-bond donors (Lipinski definition) is 0. The Morgan fingerprint density at radius 3 is 2.79 bits per heavy atom. The van der Waals surface area contributed by atoms with Crippen molar-refractivity contribution in [2.24, 2.45) is 0 Å². The van der Waals surface area contributed by atoms with Gasteiger partial charge in [0, 0.05) is 31.8 Å². The first-order valence-corrected chi connectivity index (χ1v) is 8.94. The number of hydrogen-bond acceptors (Lipinski definition) is 4. The predicted molar refractivity (Wildman–Crippen MR) is 92.0 cm³/mol. The average Bonchev–Trinajstić information content (AvgIpc) is 2.89. The third-order valence-corrected chi connectivity index (χ3v) is 5.17. The zero-order valence-corrected chi connectivity index (χ0v) is 15.0. The summed E-state index contributed by atoms with van der Waals surface area (Å²) in [5.74, 6) is -0.136. The van der Waals surface area contributed by atoms with Crippen molar-refractivity contribution < 1.29 is 18.7 Å². The Morgan fingerprint density at radius 2 is 2.17 bits per heavy atom. The normalized spacial score (nSPS) is 17.6. The Morgan fingerprint density at radius 1 is 1.46 bits per heavy atom. The molecule has 132 valence electrons. The van der Waals surface area contributed by atoms with Crippen LogP contribution in [0.5, 0.6) is 0 Å². The van der Waals surface area contributed by atoms with E-state index in [2.05, 4.69) is 0 Å². The third-order valence-electron chi connectivity index (χ3n) is 3.93. The summed E-state index contributed by atoms with van der Waals surface area (Å²) in [6.45, 7) is 4.62. The molecule has 1 aromatic rings. The molecule has 5 nitrogen and oxygen atoms in total. The van der Waals surface area contributed by atoms with Crippen LogP contribution < -0.4 is 0 Å². The van der Waals surface area contributed by atoms with Crippen LogP contribution in [0.15, 0.2) is 24.3 Å². The van der Waals surface area contributed by atoms with E-state index in [1.165, 1.54) is 24.9 Å². The zero-order chi connectivity index (χ0) is 17.7. The number of carbonyl (C=O) groups is 2. The van der Waals surface area contributed by atoms with Gasteiger partial charge in [0.1, 0.15) is 17.8 Å². The molecule has 0 bridgehead atoms. The lowest BCUT2D eigenvalue weighted by Gasteiger charge is -2.31. The van der Waals surface area contributed by atoms with Crippen LogP contribution in [0.25, 0.3) is 0 Å². The number of amides is 2. The molecule has 1 aromatic carbocycles. The van der Waals surface area contributed by atoms with E-state index in [0.29, 0.717) is 24.4 Å². The van der Waals surface area contributed by atoms with Gasteiger partial charge in [-0.05, 0) is 19.9 Å². The third kappa shape index (κ3) is 4.27. The highest BCUT2D eigenvalue weighted by molar-refractivity contribution is 8.00. The molecule has 0 radical (unpaired) electrons. The van der Waals surface area contributed by atoms with Crippen LogP contribution in [0.4, 0.5) is 4.39 Å². The summed E-state index contributed by atoms with van der Waals surface area (Å²) in [7, 11) is 1.48. The Bertz CT molecular complexity index is 597. The molecule has 1 saturated heterocycles. The maximum atomic E-state index is 14.1. The first-order chi connectivity index (χ1) is 11.5. The molecule has 1 aliphatic heterocycles. The molecule has 1 heterocycles. The lowest BCUT2D eigenvalue weighted by molar-refractivity contribution is -0.138. The SMILES string of the molecule is COCC(=O)N(CCN1C(=O)CS[C@@H]1c1ccccc1F)C(C)C. The predicted octanol–water partition coefficient (Wildman–Crippen LogP) is 2.28. The fraction of sp³-hybridized carbons (Fsp3) is 0.529. The van der Waals surface area contributed by atoms with Crippen LogP contribution in [0.1, 0.15) is 24.8 Å². The second kappa shape index (κ2) is 8.48. The van der Waals surface area contributed by atoms with Gasteiger partial charge in [0.05, 0.1) is 5.75 Å². The molecule has 1 fully saturated rings. The molecule has 2 rings (SSSR count). The smallest absolute Gasteiger partial charge is 0.248 e. The molecule has 0 aromatic heterocycles. The molecule has 0 aliphatic carbocycles. The number of nitrogens with zero attached hydrogens (tertiary/aromatic N) is 2. The minimum Gasteiger partial charge on any atom is -0.375 e. The average molecular weight is 354 g/mol. The Labute approximate surface area is 146 Å². The van der Waals surface area contributed by atoms with E-state index in [1.807, 2.05) is 13.8 Å². The highest BCUT2D eigenvalue weighted by atomic mass is 32.2. The minimum atomic E-state index is -0.342. The molecule has 0 N–H and O–H groups in total. The van der Waals surface area contributed by atoms with Crippen LogP contribution in [-0.2, 0) is 14.3 Å². The molecule has 0 saturated carbocycles. The zero-order valence-electron chi connectivity index (χ0n) is 14.2. The standard InChI is InChI=1S/C17H23FN2O3S/c1-12(2)19(15(21)10-23-3)8-9-20-16(22)11-24-17(20)13-6-4-5-7-14(13)18/h4-7,12,17H,8-11H2,1-3H3/t17-/m1/s1. The maximum absolute atomic E-state index is 14.1. The second-order valence-electron chi connectivity index (χ2n) is 5.89. The van der Waals surface area contributed by atoms with E-state index < -0.39 is 0 Å². The van der Waals surface area contributed by atoms with E-state index in [1.54, 1.807) is 28.0 Å². The van der Waals surface area contributed by atoms with Gasteiger partial charge in [-0.1, -0.05) is 18.2 Å². The van der Waals surface area contributed by atoms with Gasteiger partial charge in [0.15, 0.2) is 0 Å². The summed E-state index contributed by atoms with van der Waals surface area (Å²) in [4.78, 5) is 27.6. The van der Waals surface area contributed by atoms with E-state index in [-0.39, 0.29) is 35.7 Å². The summed E-state index contributed by atoms with van der Waals surface area (Å²) in [6.07, 6.45) is 0. The van der Waals surface area contributed by atoms with E-state index >= 15 is 0 Å². The lowest BCUT2D eigenvalue weighted by Crippen LogP contribution is -2.44. The summed E-state index contributed by atoms with van der Waals surface area (Å²) in [5.41, 5.74) is 0.507. The highest BCUT2D eigenvalue weighted by Crippen LogP contribution is 2.39. The van der Waals surface area contributed by atoms with Gasteiger partial charge in [-0.2, -0.15) is 0 Å². The molecule has 7 heteroatoms. The van der Waals surface area contributed by atoms with Crippen LogP contribution in [0, 0.1) is 5.82 Å². The second-order valence-corrected chi connectivity index (χ2v) is 6.95. The first-order valence-electron chi connectivity index (χ1n) is 7.89. The Kier molecular flexibility index (Phi) is 6.62. The van der Waals surface area contributed by atoms with Gasteiger partial charge in [0.2, 0.25) is 11.8 Å². The first kappa shape index (κ1) is 18.7. The maximum Gasteiger partial charge on any atom is 0.248 e. The minimum absolute atomic E-state index is 0.00456. The highest BCUT2D eigenvalue weighted by Gasteiger charge is 2.34. The lowest BCUT2D eigenvalue weighted by atomic mass is 10.2. The Balaban J connectivity index is 2.09. The van der Waals surface area contributed by atoms with Crippen molar-refractivity contribution in [2.45, 2.75) is 25.3 Å². The van der Waals surface area contributed by atoms with Crippen molar-refractivity contribution in [1.29, 1.82) is 0 Å².